The highest BCUT2D eigenvalue weighted by Crippen LogP contribution is 2.03. The molecule has 0 aliphatic heterocycles. The van der Waals surface area contributed by atoms with Crippen molar-refractivity contribution in [1.29, 1.82) is 0 Å². The second kappa shape index (κ2) is 10.1. The van der Waals surface area contributed by atoms with Crippen LogP contribution in [0.1, 0.15) is 40.5 Å². The van der Waals surface area contributed by atoms with Crippen LogP contribution in [-0.4, -0.2) is 37.5 Å². The molecule has 0 aromatic heterocycles. The summed E-state index contributed by atoms with van der Waals surface area (Å²) in [5.74, 6) is 1.36. The lowest BCUT2D eigenvalue weighted by atomic mass is 10.1. The van der Waals surface area contributed by atoms with Crippen LogP contribution in [0.5, 0.6) is 0 Å². The fourth-order valence-corrected chi connectivity index (χ4v) is 1.41. The third-order valence-electron chi connectivity index (χ3n) is 2.31. The van der Waals surface area contributed by atoms with Gasteiger partial charge in [-0.25, -0.2) is 0 Å². The van der Waals surface area contributed by atoms with Crippen LogP contribution >= 0.6 is 0 Å². The van der Waals surface area contributed by atoms with Gasteiger partial charge in [-0.15, -0.1) is 0 Å². The number of hydrogen-bond donors (Lipinski definition) is 2. The van der Waals surface area contributed by atoms with Gasteiger partial charge in [0.1, 0.15) is 0 Å². The fourth-order valence-electron chi connectivity index (χ4n) is 1.41. The van der Waals surface area contributed by atoms with Crippen LogP contribution in [0.15, 0.2) is 0 Å². The topological polar surface area (TPSA) is 41.5 Å². The molecular formula is C13H29NO2. The van der Waals surface area contributed by atoms with Gasteiger partial charge in [-0.3, -0.25) is 0 Å². The van der Waals surface area contributed by atoms with Gasteiger partial charge in [0.15, 0.2) is 0 Å². The van der Waals surface area contributed by atoms with Crippen molar-refractivity contribution in [3.8, 4) is 0 Å². The summed E-state index contributed by atoms with van der Waals surface area (Å²) in [5, 5.41) is 12.8. The molecule has 2 N–H and O–H groups in total. The van der Waals surface area contributed by atoms with E-state index in [-0.39, 0.29) is 6.10 Å². The SMILES string of the molecule is CC(C)CCCOCC(O)CNCC(C)C. The molecule has 3 heteroatoms. The van der Waals surface area contributed by atoms with Crippen molar-refractivity contribution in [3.63, 3.8) is 0 Å². The number of rotatable bonds is 10. The van der Waals surface area contributed by atoms with Gasteiger partial charge in [0.25, 0.3) is 0 Å². The highest BCUT2D eigenvalue weighted by molar-refractivity contribution is 4.59. The first kappa shape index (κ1) is 15.9. The Kier molecular flexibility index (Phi) is 9.99. The Morgan fingerprint density at radius 2 is 1.75 bits per heavy atom. The Morgan fingerprint density at radius 1 is 1.06 bits per heavy atom. The maximum absolute atomic E-state index is 9.58. The first-order valence-electron chi connectivity index (χ1n) is 6.49. The van der Waals surface area contributed by atoms with Crippen molar-refractivity contribution in [2.24, 2.45) is 11.8 Å². The molecule has 0 saturated heterocycles. The molecular weight excluding hydrogens is 202 g/mol. The van der Waals surface area contributed by atoms with Crippen LogP contribution in [-0.2, 0) is 4.74 Å². The molecule has 0 amide bonds. The third kappa shape index (κ3) is 12.0. The normalized spacial score (nSPS) is 13.7. The minimum Gasteiger partial charge on any atom is -0.389 e. The van der Waals surface area contributed by atoms with Gasteiger partial charge in [-0.05, 0) is 31.2 Å². The molecule has 1 atom stereocenters. The molecule has 0 saturated carbocycles. The monoisotopic (exact) mass is 231 g/mol. The second-order valence-electron chi connectivity index (χ2n) is 5.32. The maximum atomic E-state index is 9.58. The molecule has 0 heterocycles. The lowest BCUT2D eigenvalue weighted by Crippen LogP contribution is -2.32. The van der Waals surface area contributed by atoms with Crippen molar-refractivity contribution < 1.29 is 9.84 Å². The molecule has 0 rings (SSSR count). The Hall–Kier alpha value is -0.120. The average molecular weight is 231 g/mol. The zero-order valence-electron chi connectivity index (χ0n) is 11.3. The quantitative estimate of drug-likeness (QED) is 0.565. The fraction of sp³-hybridized carbons (Fsp3) is 1.00. The zero-order valence-corrected chi connectivity index (χ0v) is 11.3. The van der Waals surface area contributed by atoms with Gasteiger partial charge in [0.2, 0.25) is 0 Å². The van der Waals surface area contributed by atoms with E-state index in [2.05, 4.69) is 33.0 Å². The molecule has 0 fully saturated rings. The molecule has 0 aliphatic rings. The van der Waals surface area contributed by atoms with E-state index in [0.29, 0.717) is 19.1 Å². The standard InChI is InChI=1S/C13H29NO2/c1-11(2)6-5-7-16-10-13(15)9-14-8-12(3)4/h11-15H,5-10H2,1-4H3. The van der Waals surface area contributed by atoms with Gasteiger partial charge >= 0.3 is 0 Å². The van der Waals surface area contributed by atoms with E-state index >= 15 is 0 Å². The number of nitrogens with one attached hydrogen (secondary N) is 1. The number of aliphatic hydroxyl groups is 1. The lowest BCUT2D eigenvalue weighted by molar-refractivity contribution is 0.0346. The van der Waals surface area contributed by atoms with E-state index < -0.39 is 0 Å². The maximum Gasteiger partial charge on any atom is 0.0897 e. The summed E-state index contributed by atoms with van der Waals surface area (Å²) in [7, 11) is 0. The van der Waals surface area contributed by atoms with Gasteiger partial charge < -0.3 is 15.2 Å². The number of aliphatic hydroxyl groups excluding tert-OH is 1. The Labute approximate surface area is 101 Å². The van der Waals surface area contributed by atoms with Gasteiger partial charge in [-0.2, -0.15) is 0 Å². The van der Waals surface area contributed by atoms with E-state index in [4.69, 9.17) is 4.74 Å². The molecule has 98 valence electrons. The molecule has 0 bridgehead atoms. The average Bonchev–Trinajstić information content (AvgIpc) is 2.16. The zero-order chi connectivity index (χ0) is 12.4. The van der Waals surface area contributed by atoms with Crippen LogP contribution in [0.3, 0.4) is 0 Å². The first-order valence-corrected chi connectivity index (χ1v) is 6.49. The minimum absolute atomic E-state index is 0.377. The third-order valence-corrected chi connectivity index (χ3v) is 2.31. The molecule has 0 aliphatic carbocycles. The van der Waals surface area contributed by atoms with Crippen molar-refractivity contribution in [1.82, 2.24) is 5.32 Å². The second-order valence-corrected chi connectivity index (χ2v) is 5.32. The Morgan fingerprint density at radius 3 is 2.31 bits per heavy atom. The van der Waals surface area contributed by atoms with Gasteiger partial charge in [0.05, 0.1) is 12.7 Å². The van der Waals surface area contributed by atoms with Gasteiger partial charge in [-0.1, -0.05) is 27.7 Å². The van der Waals surface area contributed by atoms with Crippen molar-refractivity contribution in [2.45, 2.75) is 46.6 Å². The van der Waals surface area contributed by atoms with Crippen LogP contribution in [0, 0.1) is 11.8 Å². The molecule has 0 aromatic carbocycles. The summed E-state index contributed by atoms with van der Waals surface area (Å²) in [6.45, 7) is 11.5. The summed E-state index contributed by atoms with van der Waals surface area (Å²) in [6.07, 6.45) is 1.91. The summed E-state index contributed by atoms with van der Waals surface area (Å²) in [6, 6.07) is 0. The molecule has 0 spiro atoms. The highest BCUT2D eigenvalue weighted by atomic mass is 16.5. The summed E-state index contributed by atoms with van der Waals surface area (Å²) in [5.41, 5.74) is 0. The molecule has 3 nitrogen and oxygen atoms in total. The Bertz CT molecular complexity index is 149. The highest BCUT2D eigenvalue weighted by Gasteiger charge is 2.04. The number of hydrogen-bond acceptors (Lipinski definition) is 3. The van der Waals surface area contributed by atoms with Crippen LogP contribution < -0.4 is 5.32 Å². The van der Waals surface area contributed by atoms with E-state index in [1.54, 1.807) is 0 Å². The van der Waals surface area contributed by atoms with Crippen molar-refractivity contribution in [3.05, 3.63) is 0 Å². The number of ether oxygens (including phenoxy) is 1. The van der Waals surface area contributed by atoms with Crippen LogP contribution in [0.4, 0.5) is 0 Å². The summed E-state index contributed by atoms with van der Waals surface area (Å²) >= 11 is 0. The van der Waals surface area contributed by atoms with Crippen molar-refractivity contribution >= 4 is 0 Å². The van der Waals surface area contributed by atoms with E-state index in [9.17, 15) is 5.11 Å². The van der Waals surface area contributed by atoms with Gasteiger partial charge in [0, 0.05) is 13.2 Å². The summed E-state index contributed by atoms with van der Waals surface area (Å²) in [4.78, 5) is 0. The lowest BCUT2D eigenvalue weighted by Gasteiger charge is -2.13. The van der Waals surface area contributed by atoms with Crippen molar-refractivity contribution in [2.75, 3.05) is 26.3 Å². The smallest absolute Gasteiger partial charge is 0.0897 e. The van der Waals surface area contributed by atoms with Crippen LogP contribution in [0.2, 0.25) is 0 Å². The molecule has 0 radical (unpaired) electrons. The van der Waals surface area contributed by atoms with E-state index in [1.165, 1.54) is 6.42 Å². The molecule has 16 heavy (non-hydrogen) atoms. The predicted octanol–water partition coefficient (Wildman–Crippen LogP) is 2.05. The van der Waals surface area contributed by atoms with E-state index in [0.717, 1.165) is 25.5 Å². The largest absolute Gasteiger partial charge is 0.389 e. The molecule has 1 unspecified atom stereocenters. The predicted molar refractivity (Wildman–Crippen MR) is 68.6 cm³/mol. The van der Waals surface area contributed by atoms with E-state index in [1.807, 2.05) is 0 Å². The minimum atomic E-state index is -0.377. The molecule has 0 aromatic rings. The first-order chi connectivity index (χ1) is 7.52. The summed E-state index contributed by atoms with van der Waals surface area (Å²) < 4.78 is 5.41. The van der Waals surface area contributed by atoms with Crippen LogP contribution in [0.25, 0.3) is 0 Å². The Balaban J connectivity index is 3.20.